The van der Waals surface area contributed by atoms with Gasteiger partial charge in [0.1, 0.15) is 0 Å². The highest BCUT2D eigenvalue weighted by Crippen LogP contribution is 2.25. The topological polar surface area (TPSA) is 86.5 Å². The van der Waals surface area contributed by atoms with Gasteiger partial charge in [-0.25, -0.2) is 4.98 Å². The smallest absolute Gasteiger partial charge is 0.287 e. The molecule has 0 amide bonds. The average molecular weight is 281 g/mol. The van der Waals surface area contributed by atoms with Crippen molar-refractivity contribution < 1.29 is 5.11 Å². The first-order valence-electron chi connectivity index (χ1n) is 6.17. The molecule has 0 saturated carbocycles. The van der Waals surface area contributed by atoms with Gasteiger partial charge in [-0.1, -0.05) is 0 Å². The van der Waals surface area contributed by atoms with Crippen molar-refractivity contribution in [2.24, 2.45) is 0 Å². The number of thioether (sulfide) groups is 1. The van der Waals surface area contributed by atoms with Crippen LogP contribution in [0.3, 0.4) is 0 Å². The van der Waals surface area contributed by atoms with Crippen LogP contribution >= 0.6 is 11.8 Å². The molecule has 0 spiro atoms. The zero-order valence-corrected chi connectivity index (χ0v) is 11.4. The molecule has 19 heavy (non-hydrogen) atoms. The third-order valence-corrected chi connectivity index (χ3v) is 4.31. The summed E-state index contributed by atoms with van der Waals surface area (Å²) in [4.78, 5) is 23.6. The molecule has 102 valence electrons. The van der Waals surface area contributed by atoms with E-state index in [1.54, 1.807) is 23.7 Å². The summed E-state index contributed by atoms with van der Waals surface area (Å²) in [6, 6.07) is 0. The Balaban J connectivity index is 2.12. The van der Waals surface area contributed by atoms with Crippen LogP contribution in [0.2, 0.25) is 0 Å². The lowest BCUT2D eigenvalue weighted by Crippen LogP contribution is -2.24. The molecular weight excluding hydrogens is 266 g/mol. The normalized spacial score (nSPS) is 14.6. The molecule has 2 aromatic rings. The summed E-state index contributed by atoms with van der Waals surface area (Å²) in [6.45, 7) is 0.477. The Morgan fingerprint density at radius 1 is 1.53 bits per heavy atom. The summed E-state index contributed by atoms with van der Waals surface area (Å²) < 4.78 is 1.38. The molecule has 1 aliphatic rings. The van der Waals surface area contributed by atoms with Crippen LogP contribution in [0.4, 0.5) is 5.95 Å². The number of likely N-dealkylation sites (N-methyl/N-ethyl adjacent to an activating group) is 1. The number of hydrogen-bond acceptors (Lipinski definition) is 6. The molecule has 0 aliphatic carbocycles. The van der Waals surface area contributed by atoms with Gasteiger partial charge in [0, 0.05) is 13.6 Å². The van der Waals surface area contributed by atoms with Crippen molar-refractivity contribution in [1.82, 2.24) is 19.6 Å². The fourth-order valence-electron chi connectivity index (χ4n) is 2.09. The van der Waals surface area contributed by atoms with Crippen molar-refractivity contribution in [1.29, 1.82) is 0 Å². The molecule has 0 unspecified atom stereocenters. The number of rotatable bonds is 3. The number of hydrogen-bond donors (Lipinski definition) is 2. The van der Waals surface area contributed by atoms with E-state index in [0.29, 0.717) is 18.3 Å². The van der Waals surface area contributed by atoms with E-state index in [4.69, 9.17) is 5.11 Å². The minimum Gasteiger partial charge on any atom is -0.395 e. The van der Waals surface area contributed by atoms with Crippen molar-refractivity contribution in [2.75, 3.05) is 30.9 Å². The fourth-order valence-corrected chi connectivity index (χ4v) is 3.11. The van der Waals surface area contributed by atoms with Crippen molar-refractivity contribution in [3.05, 3.63) is 16.0 Å². The van der Waals surface area contributed by atoms with Gasteiger partial charge in [0.25, 0.3) is 11.3 Å². The van der Waals surface area contributed by atoms with Crippen LogP contribution in [0.5, 0.6) is 0 Å². The van der Waals surface area contributed by atoms with Gasteiger partial charge in [-0.05, 0) is 18.6 Å². The van der Waals surface area contributed by atoms with Crippen molar-refractivity contribution in [2.45, 2.75) is 17.7 Å². The van der Waals surface area contributed by atoms with Crippen LogP contribution in [0.15, 0.2) is 9.69 Å². The molecule has 3 heterocycles. The number of H-pyrrole nitrogens is 1. The van der Waals surface area contributed by atoms with Gasteiger partial charge in [-0.2, -0.15) is 9.50 Å². The summed E-state index contributed by atoms with van der Waals surface area (Å²) in [7, 11) is 1.80. The van der Waals surface area contributed by atoms with E-state index < -0.39 is 0 Å². The first-order chi connectivity index (χ1) is 9.20. The summed E-state index contributed by atoms with van der Waals surface area (Å²) in [5.74, 6) is 1.89. The molecule has 1 aliphatic heterocycles. The van der Waals surface area contributed by atoms with Gasteiger partial charge in [0.05, 0.1) is 17.2 Å². The number of nitrogens with one attached hydrogen (secondary N) is 1. The highest BCUT2D eigenvalue weighted by Gasteiger charge is 2.19. The second kappa shape index (κ2) is 4.86. The standard InChI is InChI=1S/C11H15N5O2S/c1-15(4-5-17)11-13-10-12-7-3-2-6-19-8(7)9(18)16(10)14-11/h17H,2-6H2,1H3,(H,12,13,14). The molecule has 0 aromatic carbocycles. The predicted molar refractivity (Wildman–Crippen MR) is 73.0 cm³/mol. The predicted octanol–water partition coefficient (Wildman–Crippen LogP) is -0.116. The zero-order chi connectivity index (χ0) is 13.4. The van der Waals surface area contributed by atoms with Crippen LogP contribution in [-0.4, -0.2) is 50.6 Å². The molecule has 7 nitrogen and oxygen atoms in total. The monoisotopic (exact) mass is 281 g/mol. The highest BCUT2D eigenvalue weighted by molar-refractivity contribution is 7.99. The summed E-state index contributed by atoms with van der Waals surface area (Å²) in [5, 5.41) is 11.9. The lowest BCUT2D eigenvalue weighted by Gasteiger charge is -2.12. The minimum atomic E-state index is -0.0825. The van der Waals surface area contributed by atoms with Crippen LogP contribution < -0.4 is 10.5 Å². The molecule has 8 heteroatoms. The number of aliphatic hydroxyl groups is 1. The van der Waals surface area contributed by atoms with Gasteiger partial charge < -0.3 is 10.0 Å². The first-order valence-corrected chi connectivity index (χ1v) is 7.15. The Labute approximate surface area is 113 Å². The maximum absolute atomic E-state index is 12.3. The van der Waals surface area contributed by atoms with Gasteiger partial charge in [-0.3, -0.25) is 9.89 Å². The van der Waals surface area contributed by atoms with E-state index in [-0.39, 0.29) is 12.2 Å². The van der Waals surface area contributed by atoms with E-state index in [2.05, 4.69) is 15.1 Å². The molecule has 2 N–H and O–H groups in total. The number of aryl methyl sites for hydroxylation is 1. The lowest BCUT2D eigenvalue weighted by atomic mass is 10.2. The van der Waals surface area contributed by atoms with Crippen molar-refractivity contribution in [3.63, 3.8) is 0 Å². The fraction of sp³-hybridized carbons (Fsp3) is 0.545. The Bertz CT molecular complexity index is 665. The molecule has 3 rings (SSSR count). The maximum atomic E-state index is 12.3. The maximum Gasteiger partial charge on any atom is 0.287 e. The van der Waals surface area contributed by atoms with E-state index in [1.165, 1.54) is 4.52 Å². The van der Waals surface area contributed by atoms with Gasteiger partial charge in [0.2, 0.25) is 5.95 Å². The van der Waals surface area contributed by atoms with Crippen LogP contribution in [0.1, 0.15) is 12.1 Å². The molecule has 0 saturated heterocycles. The van der Waals surface area contributed by atoms with Crippen molar-refractivity contribution >= 4 is 23.5 Å². The Hall–Kier alpha value is -1.54. The molecular formula is C11H15N5O2S. The molecule has 0 radical (unpaired) electrons. The molecule has 0 bridgehead atoms. The SMILES string of the molecule is CN(CCO)c1nc2nc3c(c(=O)n2[nH]1)SCCC3. The largest absolute Gasteiger partial charge is 0.395 e. The number of nitrogens with zero attached hydrogens (tertiary/aromatic N) is 4. The summed E-state index contributed by atoms with van der Waals surface area (Å²) >= 11 is 1.56. The number of aromatic amines is 1. The van der Waals surface area contributed by atoms with E-state index in [1.807, 2.05) is 0 Å². The number of anilines is 1. The van der Waals surface area contributed by atoms with Gasteiger partial charge >= 0.3 is 0 Å². The molecule has 0 atom stereocenters. The Morgan fingerprint density at radius 2 is 2.37 bits per heavy atom. The summed E-state index contributed by atoms with van der Waals surface area (Å²) in [5.41, 5.74) is 0.768. The summed E-state index contributed by atoms with van der Waals surface area (Å²) in [6.07, 6.45) is 1.88. The zero-order valence-electron chi connectivity index (χ0n) is 10.6. The van der Waals surface area contributed by atoms with Crippen LogP contribution in [0, 0.1) is 0 Å². The van der Waals surface area contributed by atoms with Crippen molar-refractivity contribution in [3.8, 4) is 0 Å². The second-order valence-corrected chi connectivity index (χ2v) is 5.58. The third-order valence-electron chi connectivity index (χ3n) is 3.11. The van der Waals surface area contributed by atoms with E-state index >= 15 is 0 Å². The number of fused-ring (bicyclic) bond motifs is 2. The van der Waals surface area contributed by atoms with E-state index in [0.717, 1.165) is 29.2 Å². The first kappa shape index (κ1) is 12.5. The lowest BCUT2D eigenvalue weighted by molar-refractivity contribution is 0.303. The number of aromatic nitrogens is 4. The van der Waals surface area contributed by atoms with Gasteiger partial charge in [0.15, 0.2) is 0 Å². The molecule has 2 aromatic heterocycles. The Kier molecular flexibility index (Phi) is 3.19. The second-order valence-electron chi connectivity index (χ2n) is 4.47. The number of aliphatic hydroxyl groups excluding tert-OH is 1. The van der Waals surface area contributed by atoms with Gasteiger partial charge in [-0.15, -0.1) is 11.8 Å². The third kappa shape index (κ3) is 2.10. The van der Waals surface area contributed by atoms with Crippen LogP contribution in [-0.2, 0) is 6.42 Å². The quantitative estimate of drug-likeness (QED) is 0.816. The highest BCUT2D eigenvalue weighted by atomic mass is 32.2. The van der Waals surface area contributed by atoms with Crippen LogP contribution in [0.25, 0.3) is 5.78 Å². The van der Waals surface area contributed by atoms with E-state index in [9.17, 15) is 4.79 Å². The minimum absolute atomic E-state index is 0.0300. The Morgan fingerprint density at radius 3 is 3.16 bits per heavy atom. The average Bonchev–Trinajstić information content (AvgIpc) is 2.84. The molecule has 0 fully saturated rings.